The molecule has 0 fully saturated rings. The molecule has 0 unspecified atom stereocenters. The van der Waals surface area contributed by atoms with Gasteiger partial charge in [0.05, 0.1) is 0 Å². The van der Waals surface area contributed by atoms with Crippen molar-refractivity contribution >= 4 is 11.9 Å². The molecule has 2 heteroatoms. The van der Waals surface area contributed by atoms with Crippen LogP contribution in [0.2, 0.25) is 0 Å². The van der Waals surface area contributed by atoms with Crippen LogP contribution in [-0.4, -0.2) is 11.0 Å². The Kier molecular flexibility index (Phi) is 3.24. The fraction of sp³-hybridized carbons (Fsp3) is 0.133. The first-order valence-electron chi connectivity index (χ1n) is 5.60. The molecule has 17 heavy (non-hydrogen) atoms. The van der Waals surface area contributed by atoms with Crippen molar-refractivity contribution in [3.8, 4) is 0 Å². The molecule has 2 aromatic carbocycles. The third kappa shape index (κ3) is 2.72. The second kappa shape index (κ2) is 4.83. The first-order chi connectivity index (χ1) is 8.16. The average Bonchev–Trinajstić information content (AvgIpc) is 2.32. The lowest BCUT2D eigenvalue weighted by Crippen LogP contribution is -2.00. The molecule has 0 bridgehead atoms. The third-order valence-electron chi connectivity index (χ3n) is 2.70. The largest absolute Gasteiger partial charge is 0.618 e. The summed E-state index contributed by atoms with van der Waals surface area (Å²) in [5.74, 6) is 0. The average molecular weight is 225 g/mol. The van der Waals surface area contributed by atoms with Gasteiger partial charge < -0.3 is 5.21 Å². The smallest absolute Gasteiger partial charge is 0.219 e. The van der Waals surface area contributed by atoms with E-state index < -0.39 is 0 Å². The molecule has 0 atom stereocenters. The minimum atomic E-state index is 0.688. The van der Waals surface area contributed by atoms with E-state index in [0.29, 0.717) is 5.69 Å². The predicted octanol–water partition coefficient (Wildman–Crippen LogP) is 3.56. The number of nitrogens with zero attached hydrogens (tertiary/aromatic N) is 1. The van der Waals surface area contributed by atoms with E-state index in [1.807, 2.05) is 62.4 Å². The second-order valence-corrected chi connectivity index (χ2v) is 4.15. The summed E-state index contributed by atoms with van der Waals surface area (Å²) < 4.78 is 0.917. The lowest BCUT2D eigenvalue weighted by atomic mass is 10.1. The van der Waals surface area contributed by atoms with Crippen molar-refractivity contribution in [3.63, 3.8) is 0 Å². The fourth-order valence-electron chi connectivity index (χ4n) is 1.67. The molecule has 0 amide bonds. The summed E-state index contributed by atoms with van der Waals surface area (Å²) in [6.45, 7) is 3.96. The Balaban J connectivity index is 2.34. The van der Waals surface area contributed by atoms with E-state index in [4.69, 9.17) is 0 Å². The van der Waals surface area contributed by atoms with E-state index in [1.165, 1.54) is 5.56 Å². The van der Waals surface area contributed by atoms with Gasteiger partial charge in [0.15, 0.2) is 6.21 Å². The van der Waals surface area contributed by atoms with E-state index in [0.717, 1.165) is 15.9 Å². The van der Waals surface area contributed by atoms with Crippen LogP contribution in [0, 0.1) is 19.1 Å². The van der Waals surface area contributed by atoms with Gasteiger partial charge in [-0.25, -0.2) is 0 Å². The van der Waals surface area contributed by atoms with Crippen LogP contribution in [0.25, 0.3) is 0 Å². The molecule has 2 rings (SSSR count). The lowest BCUT2D eigenvalue weighted by molar-refractivity contribution is -0.355. The van der Waals surface area contributed by atoms with Crippen molar-refractivity contribution in [1.29, 1.82) is 0 Å². The Labute approximate surface area is 101 Å². The normalized spacial score (nSPS) is 11.5. The molecule has 2 nitrogen and oxygen atoms in total. The Hall–Kier alpha value is -2.09. The molecule has 0 aliphatic carbocycles. The molecule has 86 valence electrons. The van der Waals surface area contributed by atoms with Gasteiger partial charge in [-0.1, -0.05) is 35.9 Å². The number of benzene rings is 2. The van der Waals surface area contributed by atoms with Gasteiger partial charge >= 0.3 is 0 Å². The van der Waals surface area contributed by atoms with Crippen LogP contribution in [-0.2, 0) is 0 Å². The van der Waals surface area contributed by atoms with Gasteiger partial charge in [-0.2, -0.15) is 4.74 Å². The summed E-state index contributed by atoms with van der Waals surface area (Å²) in [5.41, 5.74) is 3.77. The fourth-order valence-corrected chi connectivity index (χ4v) is 1.67. The van der Waals surface area contributed by atoms with Gasteiger partial charge in [-0.3, -0.25) is 0 Å². The third-order valence-corrected chi connectivity index (χ3v) is 2.70. The first kappa shape index (κ1) is 11.4. The minimum absolute atomic E-state index is 0.688. The number of para-hydroxylation sites is 1. The highest BCUT2D eigenvalue weighted by Crippen LogP contribution is 2.16. The summed E-state index contributed by atoms with van der Waals surface area (Å²) in [4.78, 5) is 0. The van der Waals surface area contributed by atoms with Crippen molar-refractivity contribution in [3.05, 3.63) is 70.4 Å². The van der Waals surface area contributed by atoms with E-state index in [-0.39, 0.29) is 0 Å². The van der Waals surface area contributed by atoms with Gasteiger partial charge in [-0.05, 0) is 26.0 Å². The zero-order chi connectivity index (χ0) is 12.3. The molecule has 0 aliphatic heterocycles. The van der Waals surface area contributed by atoms with Crippen molar-refractivity contribution in [2.45, 2.75) is 13.8 Å². The zero-order valence-corrected chi connectivity index (χ0v) is 10.1. The van der Waals surface area contributed by atoms with E-state index >= 15 is 0 Å². The second-order valence-electron chi connectivity index (χ2n) is 4.15. The van der Waals surface area contributed by atoms with E-state index in [9.17, 15) is 5.21 Å². The highest BCUT2D eigenvalue weighted by molar-refractivity contribution is 5.76. The van der Waals surface area contributed by atoms with Crippen LogP contribution in [0.1, 0.15) is 16.7 Å². The van der Waals surface area contributed by atoms with Crippen LogP contribution in [0.5, 0.6) is 0 Å². The van der Waals surface area contributed by atoms with Gasteiger partial charge in [-0.15, -0.1) is 0 Å². The number of aryl methyl sites for hydroxylation is 2. The van der Waals surface area contributed by atoms with Gasteiger partial charge in [0.25, 0.3) is 0 Å². The maximum atomic E-state index is 12.0. The molecule has 0 saturated heterocycles. The maximum Gasteiger partial charge on any atom is 0.219 e. The SMILES string of the molecule is Cc1ccc(/C=[N+](\[O-])c2ccccc2C)cc1. The Morgan fingerprint density at radius 2 is 1.59 bits per heavy atom. The molecular weight excluding hydrogens is 210 g/mol. The van der Waals surface area contributed by atoms with E-state index in [1.54, 1.807) is 6.21 Å². The van der Waals surface area contributed by atoms with Gasteiger partial charge in [0.1, 0.15) is 0 Å². The van der Waals surface area contributed by atoms with Crippen LogP contribution in [0.3, 0.4) is 0 Å². The van der Waals surface area contributed by atoms with Crippen molar-refractivity contribution in [1.82, 2.24) is 0 Å². The molecular formula is C15H15NO. The molecule has 0 saturated carbocycles. The molecule has 0 N–H and O–H groups in total. The first-order valence-corrected chi connectivity index (χ1v) is 5.60. The van der Waals surface area contributed by atoms with Crippen LogP contribution in [0.15, 0.2) is 48.5 Å². The Morgan fingerprint density at radius 1 is 0.941 bits per heavy atom. The summed E-state index contributed by atoms with van der Waals surface area (Å²) in [6, 6.07) is 15.4. The molecule has 0 heterocycles. The van der Waals surface area contributed by atoms with Crippen LogP contribution >= 0.6 is 0 Å². The topological polar surface area (TPSA) is 26.1 Å². The molecule has 0 spiro atoms. The van der Waals surface area contributed by atoms with Crippen molar-refractivity contribution in [2.24, 2.45) is 0 Å². The highest BCUT2D eigenvalue weighted by Gasteiger charge is 2.04. The van der Waals surface area contributed by atoms with E-state index in [2.05, 4.69) is 0 Å². The van der Waals surface area contributed by atoms with Crippen LogP contribution < -0.4 is 0 Å². The minimum Gasteiger partial charge on any atom is -0.618 e. The van der Waals surface area contributed by atoms with Crippen LogP contribution in [0.4, 0.5) is 5.69 Å². The summed E-state index contributed by atoms with van der Waals surface area (Å²) >= 11 is 0. The summed E-state index contributed by atoms with van der Waals surface area (Å²) in [5, 5.41) is 12.0. The Morgan fingerprint density at radius 3 is 2.24 bits per heavy atom. The Bertz CT molecular complexity index is 541. The number of hydrogen-bond donors (Lipinski definition) is 0. The summed E-state index contributed by atoms with van der Waals surface area (Å²) in [6.07, 6.45) is 1.60. The highest BCUT2D eigenvalue weighted by atomic mass is 16.5. The van der Waals surface area contributed by atoms with Crippen molar-refractivity contribution in [2.75, 3.05) is 0 Å². The predicted molar refractivity (Wildman–Crippen MR) is 70.8 cm³/mol. The standard InChI is InChI=1S/C15H15NO/c1-12-7-9-14(10-8-12)11-16(17)15-6-4-3-5-13(15)2/h3-11H,1-2H3/b16-11-. The zero-order valence-electron chi connectivity index (χ0n) is 10.1. The number of hydrogen-bond acceptors (Lipinski definition) is 1. The molecule has 0 aromatic heterocycles. The lowest BCUT2D eigenvalue weighted by Gasteiger charge is -2.05. The van der Waals surface area contributed by atoms with Gasteiger partial charge in [0.2, 0.25) is 5.69 Å². The quantitative estimate of drug-likeness (QED) is 0.332. The number of rotatable bonds is 2. The van der Waals surface area contributed by atoms with Gasteiger partial charge in [0, 0.05) is 17.2 Å². The monoisotopic (exact) mass is 225 g/mol. The summed E-state index contributed by atoms with van der Waals surface area (Å²) in [7, 11) is 0. The molecule has 2 aromatic rings. The maximum absolute atomic E-state index is 12.0. The van der Waals surface area contributed by atoms with Crippen molar-refractivity contribution < 1.29 is 4.74 Å². The molecule has 0 radical (unpaired) electrons. The molecule has 0 aliphatic rings.